The van der Waals surface area contributed by atoms with Gasteiger partial charge in [0.15, 0.2) is 11.5 Å². The highest BCUT2D eigenvalue weighted by Gasteiger charge is 2.69. The van der Waals surface area contributed by atoms with Crippen LogP contribution in [0, 0.1) is 29.6 Å². The van der Waals surface area contributed by atoms with Gasteiger partial charge < -0.3 is 14.6 Å². The van der Waals surface area contributed by atoms with Crippen LogP contribution in [0.1, 0.15) is 24.0 Å². The molecule has 3 fully saturated rings. The number of carbonyl (C=O) groups excluding carboxylic acids is 4. The van der Waals surface area contributed by atoms with E-state index >= 15 is 4.79 Å². The van der Waals surface area contributed by atoms with Crippen molar-refractivity contribution >= 4 is 80.2 Å². The molecular weight excluding hydrogens is 809 g/mol. The minimum atomic E-state index is -1.50. The van der Waals surface area contributed by atoms with Crippen molar-refractivity contribution in [1.82, 2.24) is 5.01 Å². The van der Waals surface area contributed by atoms with E-state index < -0.39 is 46.8 Å². The first-order valence-electron chi connectivity index (χ1n) is 17.6. The van der Waals surface area contributed by atoms with Gasteiger partial charge in [-0.2, -0.15) is 5.01 Å². The molecule has 4 aromatic rings. The fourth-order valence-electron chi connectivity index (χ4n) is 8.94. The Morgan fingerprint density at radius 2 is 1.62 bits per heavy atom. The second-order valence-electron chi connectivity index (χ2n) is 14.0. The first-order chi connectivity index (χ1) is 26.5. The van der Waals surface area contributed by atoms with Crippen molar-refractivity contribution in [2.45, 2.75) is 18.3 Å². The van der Waals surface area contributed by atoms with Gasteiger partial charge in [-0.05, 0) is 96.6 Å². The number of ether oxygens (including phenoxy) is 2. The van der Waals surface area contributed by atoms with Crippen LogP contribution < -0.4 is 19.8 Å². The summed E-state index contributed by atoms with van der Waals surface area (Å²) in [6.07, 6.45) is 6.10. The second-order valence-corrected chi connectivity index (χ2v) is 15.8. The molecule has 4 aromatic carbocycles. The molecule has 280 valence electrons. The number of anilines is 2. The Balaban J connectivity index is 1.31. The second kappa shape index (κ2) is 14.2. The SMILES string of the molecule is COc1ccc([C@@]23C(=O)N(Nc4ccc(Cl)cc4Cl)C(=O)[C@@H]2C[C@@H]2C(=CC[C@@H]4C(=O)N(c5ccc(Br)cc5)C(=O)[C@@H]42)[C@@H]3C=Cc2ccc(O)c(OC)c2)cc1. The van der Waals surface area contributed by atoms with Crippen LogP contribution in [0.5, 0.6) is 17.2 Å². The highest BCUT2D eigenvalue weighted by atomic mass is 79.9. The van der Waals surface area contributed by atoms with Gasteiger partial charge in [0, 0.05) is 15.4 Å². The zero-order chi connectivity index (χ0) is 38.8. The molecule has 55 heavy (non-hydrogen) atoms. The smallest absolute Gasteiger partial charge is 0.260 e. The summed E-state index contributed by atoms with van der Waals surface area (Å²) >= 11 is 16.2. The predicted octanol–water partition coefficient (Wildman–Crippen LogP) is 8.21. The summed E-state index contributed by atoms with van der Waals surface area (Å²) in [5.74, 6) is -4.54. The molecular formula is C42H34BrCl2N3O7. The molecule has 0 aromatic heterocycles. The summed E-state index contributed by atoms with van der Waals surface area (Å²) < 4.78 is 11.6. The summed E-state index contributed by atoms with van der Waals surface area (Å²) in [7, 11) is 3.00. The molecule has 13 heteroatoms. The van der Waals surface area contributed by atoms with Crippen molar-refractivity contribution in [3.8, 4) is 17.2 Å². The van der Waals surface area contributed by atoms with Gasteiger partial charge in [0.25, 0.3) is 11.8 Å². The molecule has 2 heterocycles. The van der Waals surface area contributed by atoms with Crippen LogP contribution in [0.15, 0.2) is 107 Å². The van der Waals surface area contributed by atoms with Gasteiger partial charge in [0.05, 0.1) is 53.8 Å². The average Bonchev–Trinajstić information content (AvgIpc) is 3.56. The zero-order valence-electron chi connectivity index (χ0n) is 29.5. The summed E-state index contributed by atoms with van der Waals surface area (Å²) in [6, 6.07) is 23.7. The number of nitrogens with one attached hydrogen (secondary N) is 1. The zero-order valence-corrected chi connectivity index (χ0v) is 32.6. The summed E-state index contributed by atoms with van der Waals surface area (Å²) in [4.78, 5) is 60.1. The van der Waals surface area contributed by atoms with E-state index in [0.717, 1.165) is 15.1 Å². The van der Waals surface area contributed by atoms with Gasteiger partial charge in [-0.1, -0.05) is 81.1 Å². The highest BCUT2D eigenvalue weighted by molar-refractivity contribution is 9.10. The van der Waals surface area contributed by atoms with Crippen molar-refractivity contribution in [2.75, 3.05) is 24.5 Å². The lowest BCUT2D eigenvalue weighted by Crippen LogP contribution is -2.54. The summed E-state index contributed by atoms with van der Waals surface area (Å²) in [6.45, 7) is 0. The fourth-order valence-corrected chi connectivity index (χ4v) is 9.65. The fraction of sp³-hybridized carbons (Fsp3) is 0.238. The van der Waals surface area contributed by atoms with Crippen molar-refractivity contribution in [1.29, 1.82) is 0 Å². The standard InChI is InChI=1S/C42H34BrCl2N3O7/c1-54-27-12-5-23(6-13-27)42-31(16-3-22-4-18-35(49)36(19-22)55-2)28-14-15-29-37(40(52)47(38(29)50)26-10-7-24(43)8-11-26)30(28)21-32(42)39(51)48(41(42)53)46-34-17-9-25(44)20-33(34)45/h3-14,16-20,29-32,37,46,49H,15,21H2,1-2H3/t29-,30+,31-,32-,37-,42-/m0/s1. The number of nitrogens with zero attached hydrogens (tertiary/aromatic N) is 2. The lowest BCUT2D eigenvalue weighted by Gasteiger charge is -2.49. The van der Waals surface area contributed by atoms with Crippen LogP contribution in [0.4, 0.5) is 11.4 Å². The van der Waals surface area contributed by atoms with E-state index in [0.29, 0.717) is 33.3 Å². The molecule has 4 amide bonds. The molecule has 10 nitrogen and oxygen atoms in total. The topological polar surface area (TPSA) is 125 Å². The third kappa shape index (κ3) is 5.91. The van der Waals surface area contributed by atoms with Gasteiger partial charge in [0.2, 0.25) is 11.8 Å². The third-order valence-corrected chi connectivity index (χ3v) is 12.5. The van der Waals surface area contributed by atoms with Crippen LogP contribution in [-0.2, 0) is 24.6 Å². The van der Waals surface area contributed by atoms with E-state index in [1.54, 1.807) is 79.9 Å². The average molecular weight is 844 g/mol. The van der Waals surface area contributed by atoms with Gasteiger partial charge in [-0.25, -0.2) is 0 Å². The number of amides is 4. The molecule has 2 aliphatic heterocycles. The van der Waals surface area contributed by atoms with Gasteiger partial charge in [-0.3, -0.25) is 29.5 Å². The number of phenolic OH excluding ortho intramolecular Hbond substituents is 1. The van der Waals surface area contributed by atoms with Crippen molar-refractivity contribution in [2.24, 2.45) is 29.6 Å². The Hall–Kier alpha value is -5.10. The number of halogens is 3. The largest absolute Gasteiger partial charge is 0.504 e. The maximum Gasteiger partial charge on any atom is 0.260 e. The molecule has 2 N–H and O–H groups in total. The number of methoxy groups -OCH3 is 2. The van der Waals surface area contributed by atoms with E-state index in [9.17, 15) is 19.5 Å². The first-order valence-corrected chi connectivity index (χ1v) is 19.2. The maximum absolute atomic E-state index is 15.4. The quantitative estimate of drug-likeness (QED) is 0.134. The predicted molar refractivity (Wildman–Crippen MR) is 212 cm³/mol. The Kier molecular flexibility index (Phi) is 9.51. The number of carbonyl (C=O) groups is 4. The molecule has 8 rings (SSSR count). The molecule has 1 saturated carbocycles. The van der Waals surface area contributed by atoms with Crippen LogP contribution in [0.25, 0.3) is 6.08 Å². The van der Waals surface area contributed by atoms with E-state index in [4.69, 9.17) is 32.7 Å². The summed E-state index contributed by atoms with van der Waals surface area (Å²) in [5, 5.41) is 11.9. The molecule has 0 spiro atoms. The van der Waals surface area contributed by atoms with Crippen molar-refractivity contribution in [3.05, 3.63) is 128 Å². The summed E-state index contributed by atoms with van der Waals surface area (Å²) in [5.41, 5.74) is 4.31. The van der Waals surface area contributed by atoms with Crippen molar-refractivity contribution < 1.29 is 33.8 Å². The lowest BCUT2D eigenvalue weighted by molar-refractivity contribution is -0.139. The highest BCUT2D eigenvalue weighted by Crippen LogP contribution is 2.62. The van der Waals surface area contributed by atoms with Gasteiger partial charge in [-0.15, -0.1) is 0 Å². The third-order valence-electron chi connectivity index (χ3n) is 11.4. The lowest BCUT2D eigenvalue weighted by atomic mass is 9.50. The molecule has 2 saturated heterocycles. The first kappa shape index (κ1) is 36.9. The number of benzene rings is 4. The Morgan fingerprint density at radius 3 is 2.31 bits per heavy atom. The Bertz CT molecular complexity index is 2310. The Labute approximate surface area is 335 Å². The normalized spacial score (nSPS) is 25.8. The van der Waals surface area contributed by atoms with Crippen LogP contribution in [-0.4, -0.2) is 48.0 Å². The van der Waals surface area contributed by atoms with Gasteiger partial charge in [0.1, 0.15) is 5.75 Å². The number of allylic oxidation sites excluding steroid dienone is 3. The molecule has 0 radical (unpaired) electrons. The monoisotopic (exact) mass is 841 g/mol. The molecule has 6 atom stereocenters. The minimum absolute atomic E-state index is 0.0351. The van der Waals surface area contributed by atoms with Gasteiger partial charge >= 0.3 is 0 Å². The van der Waals surface area contributed by atoms with Crippen molar-refractivity contribution in [3.63, 3.8) is 0 Å². The molecule has 2 aliphatic carbocycles. The van der Waals surface area contributed by atoms with E-state index in [1.807, 2.05) is 18.2 Å². The Morgan fingerprint density at radius 1 is 0.873 bits per heavy atom. The molecule has 4 aliphatic rings. The van der Waals surface area contributed by atoms with E-state index in [1.165, 1.54) is 24.1 Å². The van der Waals surface area contributed by atoms with E-state index in [-0.39, 0.29) is 41.2 Å². The number of hydrogen-bond acceptors (Lipinski definition) is 8. The van der Waals surface area contributed by atoms with Crippen LogP contribution in [0.3, 0.4) is 0 Å². The van der Waals surface area contributed by atoms with Crippen LogP contribution >= 0.6 is 39.1 Å². The number of phenols is 1. The number of imide groups is 2. The number of fused-ring (bicyclic) bond motifs is 4. The number of hydrogen-bond donors (Lipinski definition) is 2. The minimum Gasteiger partial charge on any atom is -0.504 e. The number of hydrazine groups is 1. The van der Waals surface area contributed by atoms with Crippen LogP contribution in [0.2, 0.25) is 10.0 Å². The molecule has 0 unspecified atom stereocenters. The maximum atomic E-state index is 15.4. The number of rotatable bonds is 8. The molecule has 0 bridgehead atoms. The number of aromatic hydroxyl groups is 1. The van der Waals surface area contributed by atoms with E-state index in [2.05, 4.69) is 21.4 Å².